The largest absolute Gasteiger partial charge is 0.507 e. The number of thiazole rings is 3. The summed E-state index contributed by atoms with van der Waals surface area (Å²) < 4.78 is 36.3. The summed E-state index contributed by atoms with van der Waals surface area (Å²) in [7, 11) is 1.79. The molecule has 0 bridgehead atoms. The third-order valence-corrected chi connectivity index (χ3v) is 18.6. The number of phenols is 1. The van der Waals surface area contributed by atoms with E-state index >= 15 is 0 Å². The van der Waals surface area contributed by atoms with Crippen molar-refractivity contribution in [3.05, 3.63) is 244 Å². The third kappa shape index (κ3) is 19.5. The summed E-state index contributed by atoms with van der Waals surface area (Å²) in [4.78, 5) is 34.8. The zero-order valence-electron chi connectivity index (χ0n) is 45.6. The number of fused-ring (bicyclic) bond motifs is 1. The van der Waals surface area contributed by atoms with Crippen molar-refractivity contribution in [3.8, 4) is 11.5 Å². The maximum atomic E-state index is 14.8. The molecular formula is C64H56Br2Cl4F2N6O3S3. The van der Waals surface area contributed by atoms with E-state index < -0.39 is 17.9 Å². The van der Waals surface area contributed by atoms with Gasteiger partial charge in [0.25, 0.3) is 0 Å². The Bertz CT molecular complexity index is 3700. The number of aliphatic imine (C=N–C) groups is 2. The second-order valence-corrected chi connectivity index (χ2v) is 26.6. The van der Waals surface area contributed by atoms with Crippen molar-refractivity contribution in [1.29, 1.82) is 5.41 Å². The average Bonchev–Trinajstić information content (AvgIpc) is 2.36. The lowest BCUT2D eigenvalue weighted by molar-refractivity contribution is 0.112. The Hall–Kier alpha value is -5.53. The first-order valence-electron chi connectivity index (χ1n) is 26.6. The molecule has 3 aliphatic carbocycles. The number of aryl methyl sites for hydroxylation is 2. The second-order valence-electron chi connectivity index (χ2n) is 19.8. The number of hydrogen-bond donors (Lipinski definition) is 2. The molecule has 3 aromatic heterocycles. The first-order valence-corrected chi connectivity index (χ1v) is 32.1. The van der Waals surface area contributed by atoms with E-state index in [1.807, 2.05) is 67.1 Å². The van der Waals surface area contributed by atoms with Gasteiger partial charge in [-0.15, -0.1) is 34.0 Å². The summed E-state index contributed by atoms with van der Waals surface area (Å²) in [5.41, 5.74) is 5.02. The highest BCUT2D eigenvalue weighted by Gasteiger charge is 2.32. The van der Waals surface area contributed by atoms with E-state index in [0.29, 0.717) is 45.3 Å². The number of halogens is 8. The monoisotopic (exact) mass is 1390 g/mol. The van der Waals surface area contributed by atoms with E-state index in [0.717, 1.165) is 58.1 Å². The highest BCUT2D eigenvalue weighted by atomic mass is 79.9. The fraction of sp³-hybridized carbons (Fsp3) is 0.234. The van der Waals surface area contributed by atoms with Crippen LogP contribution in [0.1, 0.15) is 130 Å². The molecule has 2 N–H and O–H groups in total. The molecule has 0 saturated heterocycles. The number of carbonyl (C=O) groups is 1. The van der Waals surface area contributed by atoms with Gasteiger partial charge in [0, 0.05) is 97.2 Å². The molecule has 4 heterocycles. The summed E-state index contributed by atoms with van der Waals surface area (Å²) in [5, 5.41) is 22.8. The van der Waals surface area contributed by atoms with Gasteiger partial charge in [-0.2, -0.15) is 0 Å². The molecule has 13 rings (SSSR count). The highest BCUT2D eigenvalue weighted by Crippen LogP contribution is 2.45. The molecule has 9 aromatic rings. The average molecular weight is 1390 g/mol. The molecule has 84 heavy (non-hydrogen) atoms. The Kier molecular flexibility index (Phi) is 24.0. The molecule has 3 fully saturated rings. The zero-order chi connectivity index (χ0) is 59.9. The van der Waals surface area contributed by atoms with Gasteiger partial charge in [0.1, 0.15) is 23.1 Å². The van der Waals surface area contributed by atoms with Crippen LogP contribution in [0.2, 0.25) is 20.1 Å². The van der Waals surface area contributed by atoms with Gasteiger partial charge in [-0.05, 0) is 124 Å². The Balaban J connectivity index is 0.000000144. The number of nitrogens with zero attached hydrogens (tertiary/aromatic N) is 5. The zero-order valence-corrected chi connectivity index (χ0v) is 54.3. The van der Waals surface area contributed by atoms with Crippen LogP contribution in [0.5, 0.6) is 11.5 Å². The lowest BCUT2D eigenvalue weighted by Crippen LogP contribution is -2.20. The summed E-state index contributed by atoms with van der Waals surface area (Å²) in [5.74, 6) is 0.881. The Morgan fingerprint density at radius 2 is 1.17 bits per heavy atom. The minimum absolute atomic E-state index is 0.0559. The number of phenolic OH excluding ortho intramolecular Hbond substituents is 1. The lowest BCUT2D eigenvalue weighted by atomic mass is 9.99. The Morgan fingerprint density at radius 3 is 1.68 bits per heavy atom. The smallest absolute Gasteiger partial charge is 0.226 e. The van der Waals surface area contributed by atoms with Crippen LogP contribution in [0.3, 0.4) is 0 Å². The van der Waals surface area contributed by atoms with Crippen molar-refractivity contribution in [2.24, 2.45) is 9.98 Å². The van der Waals surface area contributed by atoms with E-state index in [1.165, 1.54) is 83.0 Å². The number of carbonyl (C=O) groups excluding carboxylic acids is 1. The normalized spacial score (nSPS) is 14.7. The number of benzene rings is 6. The van der Waals surface area contributed by atoms with Crippen LogP contribution < -0.4 is 4.74 Å². The van der Waals surface area contributed by atoms with Crippen LogP contribution in [-0.4, -0.2) is 51.0 Å². The highest BCUT2D eigenvalue weighted by molar-refractivity contribution is 9.10. The SMILES string of the molecule is CN=Cc1cnc(C2CC2)s1.Cc1ccccc1.Cc1ccccc1.Fc1cc(Cl)cc2c1C(Cc1cc(Cl)ccc1Br)=NC(c1cnc(C3CC3)s1)O2.N=C(Cc1cc(Cl)ccc1Br)c1c(O)cc(Cl)cc1F.O=Cc1cnc(C2CC2)s1. The summed E-state index contributed by atoms with van der Waals surface area (Å²) >= 11 is 35.6. The van der Waals surface area contributed by atoms with Gasteiger partial charge in [0.15, 0.2) is 6.29 Å². The quantitative estimate of drug-likeness (QED) is 0.0979. The predicted octanol–water partition coefficient (Wildman–Crippen LogP) is 20.5. The van der Waals surface area contributed by atoms with Crippen molar-refractivity contribution in [2.75, 3.05) is 7.05 Å². The molecular weight excluding hydrogens is 1340 g/mol. The molecule has 1 atom stereocenters. The van der Waals surface area contributed by atoms with Crippen molar-refractivity contribution >= 4 is 136 Å². The van der Waals surface area contributed by atoms with Crippen molar-refractivity contribution in [2.45, 2.75) is 89.2 Å². The maximum Gasteiger partial charge on any atom is 0.226 e. The molecule has 3 saturated carbocycles. The number of hydrogen-bond acceptors (Lipinski definition) is 12. The summed E-state index contributed by atoms with van der Waals surface area (Å²) in [6.45, 7) is 4.17. The molecule has 6 aromatic carbocycles. The van der Waals surface area contributed by atoms with Gasteiger partial charge >= 0.3 is 0 Å². The molecule has 20 heteroatoms. The first-order chi connectivity index (χ1) is 40.4. The number of aromatic nitrogens is 3. The topological polar surface area (TPSA) is 134 Å². The van der Waals surface area contributed by atoms with Crippen molar-refractivity contribution in [1.82, 2.24) is 15.0 Å². The molecule has 434 valence electrons. The van der Waals surface area contributed by atoms with Crippen LogP contribution >= 0.6 is 112 Å². The number of ether oxygens (including phenoxy) is 1. The van der Waals surface area contributed by atoms with Gasteiger partial charge in [0.05, 0.1) is 46.5 Å². The van der Waals surface area contributed by atoms with Crippen LogP contribution in [0.4, 0.5) is 8.78 Å². The first kappa shape index (κ1) is 64.5. The third-order valence-electron chi connectivity index (χ3n) is 12.8. The fourth-order valence-corrected chi connectivity index (χ4v) is 12.6. The molecule has 0 spiro atoms. The van der Waals surface area contributed by atoms with E-state index in [4.69, 9.17) is 61.5 Å². The van der Waals surface area contributed by atoms with Gasteiger partial charge in [-0.3, -0.25) is 9.79 Å². The molecule has 9 nitrogen and oxygen atoms in total. The lowest BCUT2D eigenvalue weighted by Gasteiger charge is -2.25. The Labute approximate surface area is 536 Å². The van der Waals surface area contributed by atoms with E-state index in [2.05, 4.69) is 89.9 Å². The van der Waals surface area contributed by atoms with Crippen LogP contribution in [0.15, 0.2) is 159 Å². The van der Waals surface area contributed by atoms with Crippen molar-refractivity contribution < 1.29 is 23.4 Å². The molecule has 1 unspecified atom stereocenters. The van der Waals surface area contributed by atoms with Crippen LogP contribution in [0.25, 0.3) is 0 Å². The number of aldehydes is 1. The number of nitrogens with one attached hydrogen (secondary N) is 1. The van der Waals surface area contributed by atoms with Gasteiger partial charge in [-0.25, -0.2) is 28.7 Å². The maximum absolute atomic E-state index is 14.8. The van der Waals surface area contributed by atoms with E-state index in [1.54, 1.807) is 66.2 Å². The molecule has 1 aliphatic heterocycles. The minimum atomic E-state index is -0.724. The standard InChI is InChI=1S/C21H14BrCl2FN2OS.C14H9BrCl2FNO.C8H10N2S.C7H7NOS.2C7H8/c22-14-4-3-12(23)5-11(14)6-16-19-15(25)7-13(24)8-17(19)28-20(27-16)18-9-26-21(29-18)10-1-2-10;15-10-2-1-8(16)3-7(10)4-12(19)14-11(18)5-9(17)6-13(14)20;1-9-4-7-5-10-8(11-7)6-2-3-6;9-4-6-3-8-7(10-6)5-1-2-5;2*1-7-5-3-2-4-6-7/h3-5,7-10,20H,1-2,6H2;1-3,5-6,19-20H,4H2;4-6H,2-3H2,1H3;3-5H,1-2H2;2*2-6H,1H3. The van der Waals surface area contributed by atoms with Gasteiger partial charge in [0.2, 0.25) is 6.23 Å². The van der Waals surface area contributed by atoms with E-state index in [9.17, 15) is 18.7 Å². The van der Waals surface area contributed by atoms with E-state index in [-0.39, 0.29) is 33.5 Å². The van der Waals surface area contributed by atoms with Gasteiger partial charge in [-0.1, -0.05) is 150 Å². The van der Waals surface area contributed by atoms with Gasteiger partial charge < -0.3 is 15.3 Å². The Morgan fingerprint density at radius 1 is 0.667 bits per heavy atom. The van der Waals surface area contributed by atoms with Crippen LogP contribution in [-0.2, 0) is 12.8 Å². The molecule has 0 radical (unpaired) electrons. The number of aromatic hydroxyl groups is 1. The molecule has 4 aliphatic rings. The van der Waals surface area contributed by atoms with Crippen LogP contribution in [0, 0.1) is 30.9 Å². The second kappa shape index (κ2) is 31.2. The summed E-state index contributed by atoms with van der Waals surface area (Å²) in [6.07, 6.45) is 15.6. The fourth-order valence-electron chi connectivity index (χ4n) is 8.09. The minimum Gasteiger partial charge on any atom is -0.507 e. The number of rotatable bonds is 11. The molecule has 0 amide bonds. The predicted molar refractivity (Wildman–Crippen MR) is 350 cm³/mol. The van der Waals surface area contributed by atoms with Crippen molar-refractivity contribution in [3.63, 3.8) is 0 Å². The summed E-state index contributed by atoms with van der Waals surface area (Å²) in [6, 6.07) is 36.4.